The lowest BCUT2D eigenvalue weighted by molar-refractivity contribution is -0.929. The van der Waals surface area contributed by atoms with Crippen LogP contribution in [0, 0.1) is 6.92 Å². The molecule has 1 atom stereocenters. The summed E-state index contributed by atoms with van der Waals surface area (Å²) in [7, 11) is 0. The van der Waals surface area contributed by atoms with Gasteiger partial charge in [0.1, 0.15) is 5.75 Å². The smallest absolute Gasteiger partial charge is 0.191 e. The maximum Gasteiger partial charge on any atom is 0.191 e. The number of rotatable bonds is 2. The molecule has 1 saturated heterocycles. The highest BCUT2D eigenvalue weighted by Crippen LogP contribution is 2.48. The topological polar surface area (TPSA) is 28.9 Å². The highest BCUT2D eigenvalue weighted by atomic mass is 16.5. The van der Waals surface area contributed by atoms with Crippen molar-refractivity contribution in [2.45, 2.75) is 51.4 Å². The number of benzene rings is 3. The minimum Gasteiger partial charge on any atom is -0.470 e. The van der Waals surface area contributed by atoms with Crippen LogP contribution < -0.4 is 15.1 Å². The molecule has 3 aliphatic rings. The molecule has 0 aliphatic carbocycles. The number of hydrogen-bond donors (Lipinski definition) is 2. The number of nitrogens with one attached hydrogen (secondary N) is 2. The summed E-state index contributed by atoms with van der Waals surface area (Å²) in [6, 6.07) is 22.8. The standard InChI is InChI=1S/C28H31N3O/c1-19(2)30-14-12-28(13-15-30)31-26(24-16-20(3)8-11-27(24)32-28)18-25(29-31)23-10-9-21-6-4-5-7-22(21)17-23/h4-11,16-19,26,29H,12-15H2,1-3H3/p+1/t26-/m1/s1. The van der Waals surface area contributed by atoms with Crippen molar-refractivity contribution in [2.24, 2.45) is 0 Å². The van der Waals surface area contributed by atoms with E-state index >= 15 is 0 Å². The number of ether oxygens (including phenoxy) is 1. The fourth-order valence-electron chi connectivity index (χ4n) is 5.70. The third-order valence-electron chi connectivity index (χ3n) is 7.62. The molecule has 3 heterocycles. The van der Waals surface area contributed by atoms with Gasteiger partial charge in [-0.25, -0.2) is 0 Å². The van der Waals surface area contributed by atoms with Gasteiger partial charge >= 0.3 is 0 Å². The maximum absolute atomic E-state index is 6.83. The summed E-state index contributed by atoms with van der Waals surface area (Å²) in [5, 5.41) is 4.96. The van der Waals surface area contributed by atoms with Gasteiger partial charge in [0.25, 0.3) is 0 Å². The third kappa shape index (κ3) is 3.13. The molecule has 4 nitrogen and oxygen atoms in total. The van der Waals surface area contributed by atoms with E-state index in [0.29, 0.717) is 6.04 Å². The molecule has 0 amide bonds. The van der Waals surface area contributed by atoms with Crippen molar-refractivity contribution < 1.29 is 9.64 Å². The van der Waals surface area contributed by atoms with E-state index in [-0.39, 0.29) is 11.8 Å². The van der Waals surface area contributed by atoms with Crippen LogP contribution in [-0.4, -0.2) is 29.9 Å². The van der Waals surface area contributed by atoms with Gasteiger partial charge in [-0.3, -0.25) is 0 Å². The Morgan fingerprint density at radius 3 is 2.56 bits per heavy atom. The van der Waals surface area contributed by atoms with Gasteiger partial charge in [-0.05, 0) is 55.3 Å². The van der Waals surface area contributed by atoms with E-state index in [4.69, 9.17) is 4.74 Å². The van der Waals surface area contributed by atoms with E-state index in [0.717, 1.165) is 31.7 Å². The van der Waals surface area contributed by atoms with Crippen LogP contribution in [0.3, 0.4) is 0 Å². The first-order valence-electron chi connectivity index (χ1n) is 11.9. The number of hydrazine groups is 1. The van der Waals surface area contributed by atoms with Gasteiger partial charge in [0, 0.05) is 5.56 Å². The number of likely N-dealkylation sites (tertiary alicyclic amines) is 1. The molecule has 0 bridgehead atoms. The Morgan fingerprint density at radius 2 is 1.78 bits per heavy atom. The second kappa shape index (κ2) is 7.36. The summed E-state index contributed by atoms with van der Waals surface area (Å²) in [5.41, 5.74) is 8.44. The Kier molecular flexibility index (Phi) is 4.56. The Balaban J connectivity index is 1.40. The van der Waals surface area contributed by atoms with Gasteiger partial charge in [-0.1, -0.05) is 54.1 Å². The van der Waals surface area contributed by atoms with E-state index in [1.54, 1.807) is 4.90 Å². The summed E-state index contributed by atoms with van der Waals surface area (Å²) in [5.74, 6) is 1.04. The maximum atomic E-state index is 6.83. The van der Waals surface area contributed by atoms with E-state index in [9.17, 15) is 0 Å². The van der Waals surface area contributed by atoms with E-state index in [1.165, 1.54) is 33.2 Å². The number of hydrogen-bond acceptors (Lipinski definition) is 3. The van der Waals surface area contributed by atoms with Crippen molar-refractivity contribution in [3.8, 4) is 5.75 Å². The highest BCUT2D eigenvalue weighted by molar-refractivity contribution is 5.86. The molecule has 3 aliphatic heterocycles. The molecule has 0 aromatic heterocycles. The molecule has 2 N–H and O–H groups in total. The second-order valence-electron chi connectivity index (χ2n) is 9.97. The SMILES string of the molecule is Cc1ccc2c(c1)[C@H]1C=C(c3ccc4ccccc4c3)NN1C1(CC[NH+](C(C)C)CC1)O2. The Hall–Kier alpha value is -2.82. The van der Waals surface area contributed by atoms with E-state index in [2.05, 4.69) is 97.9 Å². The third-order valence-corrected chi connectivity index (χ3v) is 7.62. The highest BCUT2D eigenvalue weighted by Gasteiger charge is 2.52. The molecule has 1 spiro atoms. The van der Waals surface area contributed by atoms with Crippen molar-refractivity contribution >= 4 is 16.5 Å². The fourth-order valence-corrected chi connectivity index (χ4v) is 5.70. The zero-order valence-corrected chi connectivity index (χ0v) is 19.2. The zero-order chi connectivity index (χ0) is 21.9. The zero-order valence-electron chi connectivity index (χ0n) is 19.2. The molecule has 1 fully saturated rings. The van der Waals surface area contributed by atoms with Crippen LogP contribution in [0.25, 0.3) is 16.5 Å². The molecule has 4 heteroatoms. The van der Waals surface area contributed by atoms with Crippen LogP contribution in [0.5, 0.6) is 5.75 Å². The van der Waals surface area contributed by atoms with Crippen molar-refractivity contribution in [1.29, 1.82) is 0 Å². The summed E-state index contributed by atoms with van der Waals surface area (Å²) in [6.07, 6.45) is 4.45. The predicted octanol–water partition coefficient (Wildman–Crippen LogP) is 4.23. The Bertz CT molecular complexity index is 1210. The van der Waals surface area contributed by atoms with Crippen LogP contribution in [-0.2, 0) is 0 Å². The van der Waals surface area contributed by atoms with Crippen molar-refractivity contribution in [3.05, 3.63) is 83.4 Å². The monoisotopic (exact) mass is 426 g/mol. The van der Waals surface area contributed by atoms with Crippen molar-refractivity contribution in [2.75, 3.05) is 13.1 Å². The molecular weight excluding hydrogens is 394 g/mol. The first-order valence-corrected chi connectivity index (χ1v) is 11.9. The number of quaternary nitrogens is 1. The lowest BCUT2D eigenvalue weighted by Gasteiger charge is -2.51. The van der Waals surface area contributed by atoms with Gasteiger partial charge in [-0.15, -0.1) is 0 Å². The number of aryl methyl sites for hydroxylation is 1. The molecule has 0 unspecified atom stereocenters. The second-order valence-corrected chi connectivity index (χ2v) is 9.97. The lowest BCUT2D eigenvalue weighted by atomic mass is 9.91. The summed E-state index contributed by atoms with van der Waals surface area (Å²) < 4.78 is 6.83. The average molecular weight is 427 g/mol. The molecule has 3 aromatic rings. The molecule has 6 rings (SSSR count). The molecule has 32 heavy (non-hydrogen) atoms. The number of fused-ring (bicyclic) bond motifs is 5. The van der Waals surface area contributed by atoms with Gasteiger partial charge < -0.3 is 15.1 Å². The molecule has 0 radical (unpaired) electrons. The number of piperidine rings is 1. The Morgan fingerprint density at radius 1 is 1.00 bits per heavy atom. The largest absolute Gasteiger partial charge is 0.470 e. The molecular formula is C28H32N3O+. The molecule has 164 valence electrons. The van der Waals surface area contributed by atoms with Crippen LogP contribution >= 0.6 is 0 Å². The molecule has 3 aromatic carbocycles. The van der Waals surface area contributed by atoms with Crippen LogP contribution in [0.15, 0.2) is 66.7 Å². The first kappa shape index (κ1) is 19.8. The predicted molar refractivity (Wildman–Crippen MR) is 129 cm³/mol. The minimum atomic E-state index is -0.305. The normalized spacial score (nSPS) is 27.1. The van der Waals surface area contributed by atoms with Crippen LogP contribution in [0.2, 0.25) is 0 Å². The van der Waals surface area contributed by atoms with Crippen LogP contribution in [0.1, 0.15) is 49.4 Å². The van der Waals surface area contributed by atoms with Crippen molar-refractivity contribution in [3.63, 3.8) is 0 Å². The van der Waals surface area contributed by atoms with E-state index in [1.807, 2.05) is 0 Å². The summed E-state index contributed by atoms with van der Waals surface area (Å²) >= 11 is 0. The summed E-state index contributed by atoms with van der Waals surface area (Å²) in [4.78, 5) is 1.67. The van der Waals surface area contributed by atoms with Crippen molar-refractivity contribution in [1.82, 2.24) is 10.4 Å². The van der Waals surface area contributed by atoms with Crippen LogP contribution in [0.4, 0.5) is 0 Å². The van der Waals surface area contributed by atoms with Gasteiger partial charge in [0.15, 0.2) is 5.72 Å². The van der Waals surface area contributed by atoms with E-state index < -0.39 is 0 Å². The average Bonchev–Trinajstić information content (AvgIpc) is 3.27. The lowest BCUT2D eigenvalue weighted by Crippen LogP contribution is -3.16. The first-order chi connectivity index (χ1) is 15.5. The van der Waals surface area contributed by atoms with Gasteiger partial charge in [0.05, 0.1) is 43.7 Å². The molecule has 0 saturated carbocycles. The quantitative estimate of drug-likeness (QED) is 0.643. The van der Waals surface area contributed by atoms with Gasteiger partial charge in [-0.2, -0.15) is 5.01 Å². The number of nitrogens with zero attached hydrogens (tertiary/aromatic N) is 1. The Labute approximate surface area is 190 Å². The van der Waals surface area contributed by atoms with Gasteiger partial charge in [0.2, 0.25) is 0 Å². The fraction of sp³-hybridized carbons (Fsp3) is 0.357. The summed E-state index contributed by atoms with van der Waals surface area (Å²) in [6.45, 7) is 9.08. The minimum absolute atomic E-state index is 0.181.